The van der Waals surface area contributed by atoms with Crippen LogP contribution >= 0.6 is 0 Å². The van der Waals surface area contributed by atoms with Crippen LogP contribution in [0.2, 0.25) is 0 Å². The fourth-order valence-electron chi connectivity index (χ4n) is 5.59. The van der Waals surface area contributed by atoms with E-state index in [2.05, 4.69) is 5.32 Å². The van der Waals surface area contributed by atoms with Gasteiger partial charge in [0.15, 0.2) is 0 Å². The molecule has 0 saturated heterocycles. The van der Waals surface area contributed by atoms with Crippen molar-refractivity contribution in [3.63, 3.8) is 0 Å². The first-order chi connectivity index (χ1) is 19.7. The van der Waals surface area contributed by atoms with Crippen molar-refractivity contribution in [3.8, 4) is 0 Å². The summed E-state index contributed by atoms with van der Waals surface area (Å²) in [5.41, 5.74) is 3.06. The van der Waals surface area contributed by atoms with Gasteiger partial charge in [0.1, 0.15) is 12.6 Å². The largest absolute Gasteiger partial charge is 0.352 e. The normalized spacial score (nSPS) is 14.7. The average Bonchev–Trinajstić information content (AvgIpc) is 2.96. The van der Waals surface area contributed by atoms with Gasteiger partial charge in [0, 0.05) is 12.6 Å². The summed E-state index contributed by atoms with van der Waals surface area (Å²) >= 11 is 0. The molecule has 0 bridgehead atoms. The van der Waals surface area contributed by atoms with E-state index in [1.165, 1.54) is 22.9 Å². The van der Waals surface area contributed by atoms with E-state index in [9.17, 15) is 18.0 Å². The Balaban J connectivity index is 1.71. The molecule has 1 atom stereocenters. The molecule has 218 valence electrons. The third-order valence-corrected chi connectivity index (χ3v) is 9.43. The number of benzene rings is 3. The van der Waals surface area contributed by atoms with Crippen LogP contribution < -0.4 is 9.62 Å². The number of sulfonamides is 1. The Morgan fingerprint density at radius 1 is 0.878 bits per heavy atom. The molecule has 0 unspecified atom stereocenters. The summed E-state index contributed by atoms with van der Waals surface area (Å²) in [6.45, 7) is 5.45. The molecule has 1 fully saturated rings. The fraction of sp³-hybridized carbons (Fsp3) is 0.394. The molecule has 7 nitrogen and oxygen atoms in total. The Bertz CT molecular complexity index is 1400. The van der Waals surface area contributed by atoms with Crippen molar-refractivity contribution in [2.75, 3.05) is 10.8 Å². The molecule has 3 aromatic carbocycles. The quantitative estimate of drug-likeness (QED) is 0.315. The van der Waals surface area contributed by atoms with Crippen molar-refractivity contribution in [2.45, 2.75) is 82.8 Å². The Labute approximate surface area is 244 Å². The van der Waals surface area contributed by atoms with Crippen LogP contribution in [0.4, 0.5) is 5.69 Å². The summed E-state index contributed by atoms with van der Waals surface area (Å²) in [7, 11) is -4.08. The number of nitrogens with zero attached hydrogens (tertiary/aromatic N) is 2. The summed E-state index contributed by atoms with van der Waals surface area (Å²) in [6.07, 6.45) is 5.61. The van der Waals surface area contributed by atoms with Crippen LogP contribution in [0.15, 0.2) is 83.8 Å². The number of rotatable bonds is 11. The van der Waals surface area contributed by atoms with Crippen molar-refractivity contribution in [1.82, 2.24) is 10.2 Å². The lowest BCUT2D eigenvalue weighted by Gasteiger charge is -2.34. The van der Waals surface area contributed by atoms with Crippen molar-refractivity contribution in [1.29, 1.82) is 0 Å². The molecule has 1 N–H and O–H groups in total. The van der Waals surface area contributed by atoms with Gasteiger partial charge in [0.05, 0.1) is 10.6 Å². The van der Waals surface area contributed by atoms with E-state index in [-0.39, 0.29) is 23.4 Å². The van der Waals surface area contributed by atoms with Crippen LogP contribution in [0.25, 0.3) is 0 Å². The zero-order valence-electron chi connectivity index (χ0n) is 24.3. The third kappa shape index (κ3) is 7.76. The number of carbonyl (C=O) groups excluding carboxylic acids is 2. The zero-order chi connectivity index (χ0) is 29.4. The van der Waals surface area contributed by atoms with Crippen molar-refractivity contribution >= 4 is 27.5 Å². The van der Waals surface area contributed by atoms with E-state index in [0.29, 0.717) is 12.1 Å². The van der Waals surface area contributed by atoms with E-state index in [1.807, 2.05) is 57.2 Å². The summed E-state index contributed by atoms with van der Waals surface area (Å²) in [4.78, 5) is 29.5. The molecular weight excluding hydrogens is 534 g/mol. The molecular formula is C33H41N3O4S. The first-order valence-electron chi connectivity index (χ1n) is 14.5. The number of hydrogen-bond donors (Lipinski definition) is 1. The minimum absolute atomic E-state index is 0.101. The highest BCUT2D eigenvalue weighted by molar-refractivity contribution is 7.92. The van der Waals surface area contributed by atoms with Gasteiger partial charge >= 0.3 is 0 Å². The number of nitrogens with one attached hydrogen (secondary N) is 1. The van der Waals surface area contributed by atoms with E-state index in [1.54, 1.807) is 35.2 Å². The van der Waals surface area contributed by atoms with Gasteiger partial charge in [0.25, 0.3) is 10.0 Å². The first kappa shape index (κ1) is 30.3. The molecule has 2 amide bonds. The van der Waals surface area contributed by atoms with Gasteiger partial charge in [0.2, 0.25) is 11.8 Å². The highest BCUT2D eigenvalue weighted by Crippen LogP contribution is 2.27. The Morgan fingerprint density at radius 2 is 1.46 bits per heavy atom. The maximum atomic E-state index is 14.2. The maximum Gasteiger partial charge on any atom is 0.264 e. The van der Waals surface area contributed by atoms with E-state index < -0.39 is 28.5 Å². The van der Waals surface area contributed by atoms with Gasteiger partial charge in [-0.3, -0.25) is 13.9 Å². The minimum Gasteiger partial charge on any atom is -0.352 e. The van der Waals surface area contributed by atoms with Crippen LogP contribution in [0.3, 0.4) is 0 Å². The summed E-state index contributed by atoms with van der Waals surface area (Å²) in [5, 5.41) is 3.18. The van der Waals surface area contributed by atoms with E-state index >= 15 is 0 Å². The predicted molar refractivity (Wildman–Crippen MR) is 163 cm³/mol. The molecule has 0 radical (unpaired) electrons. The molecule has 8 heteroatoms. The van der Waals surface area contributed by atoms with Crippen molar-refractivity contribution in [2.24, 2.45) is 0 Å². The molecule has 3 aromatic rings. The molecule has 0 aliphatic heterocycles. The first-order valence-corrected chi connectivity index (χ1v) is 15.9. The highest BCUT2D eigenvalue weighted by Gasteiger charge is 2.34. The molecule has 1 saturated carbocycles. The van der Waals surface area contributed by atoms with Crippen molar-refractivity contribution in [3.05, 3.63) is 95.6 Å². The Kier molecular flexibility index (Phi) is 10.2. The second-order valence-electron chi connectivity index (χ2n) is 10.9. The van der Waals surface area contributed by atoms with Gasteiger partial charge in [-0.25, -0.2) is 8.42 Å². The summed E-state index contributed by atoms with van der Waals surface area (Å²) in [5.74, 6) is -0.620. The number of aryl methyl sites for hydroxylation is 2. The van der Waals surface area contributed by atoms with Crippen molar-refractivity contribution < 1.29 is 18.0 Å². The third-order valence-electron chi connectivity index (χ3n) is 7.64. The van der Waals surface area contributed by atoms with Crippen LogP contribution in [-0.4, -0.2) is 43.8 Å². The lowest BCUT2D eigenvalue weighted by Crippen LogP contribution is -2.54. The number of anilines is 1. The van der Waals surface area contributed by atoms with Gasteiger partial charge in [-0.05, 0) is 74.1 Å². The number of hydrogen-bond acceptors (Lipinski definition) is 4. The Morgan fingerprint density at radius 3 is 2.05 bits per heavy atom. The standard InChI is InChI=1S/C33H41N3O4S/c1-4-31(33(38)34-28-16-10-6-11-17-28)35(23-27-14-8-5-9-15-27)32(37)24-36(29-21-25(2)20-26(3)22-29)41(39,40)30-18-12-7-13-19-30/h5,7-9,12-15,18-22,28,31H,4,6,10-11,16-17,23-24H2,1-3H3,(H,34,38)/t31-/m1/s1. The molecule has 0 heterocycles. The monoisotopic (exact) mass is 575 g/mol. The van der Waals surface area contributed by atoms with Crippen LogP contribution in [0, 0.1) is 13.8 Å². The predicted octanol–water partition coefficient (Wildman–Crippen LogP) is 5.76. The van der Waals surface area contributed by atoms with Gasteiger partial charge in [-0.1, -0.05) is 80.8 Å². The maximum absolute atomic E-state index is 14.2. The lowest BCUT2D eigenvalue weighted by molar-refractivity contribution is -0.140. The van der Waals surface area contributed by atoms with E-state index in [4.69, 9.17) is 0 Å². The second kappa shape index (κ2) is 13.8. The van der Waals surface area contributed by atoms with Gasteiger partial charge in [-0.2, -0.15) is 0 Å². The number of carbonyl (C=O) groups is 2. The topological polar surface area (TPSA) is 86.8 Å². The fourth-order valence-corrected chi connectivity index (χ4v) is 7.01. The molecule has 4 rings (SSSR count). The molecule has 41 heavy (non-hydrogen) atoms. The smallest absolute Gasteiger partial charge is 0.264 e. The minimum atomic E-state index is -4.08. The molecule has 1 aliphatic carbocycles. The molecule has 0 spiro atoms. The van der Waals surface area contributed by atoms with Crippen LogP contribution in [0.5, 0.6) is 0 Å². The van der Waals surface area contributed by atoms with Crippen LogP contribution in [0.1, 0.15) is 62.1 Å². The van der Waals surface area contributed by atoms with Crippen LogP contribution in [-0.2, 0) is 26.2 Å². The highest BCUT2D eigenvalue weighted by atomic mass is 32.2. The zero-order valence-corrected chi connectivity index (χ0v) is 25.1. The SMILES string of the molecule is CC[C@H](C(=O)NC1CCCCC1)N(Cc1ccccc1)C(=O)CN(c1cc(C)cc(C)c1)S(=O)(=O)c1ccccc1. The van der Waals surface area contributed by atoms with Gasteiger partial charge < -0.3 is 10.2 Å². The Hall–Kier alpha value is -3.65. The lowest BCUT2D eigenvalue weighted by atomic mass is 9.95. The molecule has 0 aromatic heterocycles. The number of amides is 2. The summed E-state index contributed by atoms with van der Waals surface area (Å²) < 4.78 is 29.1. The van der Waals surface area contributed by atoms with E-state index in [0.717, 1.165) is 42.4 Å². The average molecular weight is 576 g/mol. The second-order valence-corrected chi connectivity index (χ2v) is 12.8. The van der Waals surface area contributed by atoms with Gasteiger partial charge in [-0.15, -0.1) is 0 Å². The summed E-state index contributed by atoms with van der Waals surface area (Å²) in [6, 6.07) is 22.5. The molecule has 1 aliphatic rings.